The molecule has 1 fully saturated rings. The second-order valence-corrected chi connectivity index (χ2v) is 16.2. The van der Waals surface area contributed by atoms with Crippen LogP contribution in [0.1, 0.15) is 0 Å². The molecular formula is C42H36N3OP3. The van der Waals surface area contributed by atoms with Gasteiger partial charge in [0.05, 0.1) is 17.8 Å². The van der Waals surface area contributed by atoms with Gasteiger partial charge in [0.15, 0.2) is 0 Å². The molecule has 1 heterocycles. The van der Waals surface area contributed by atoms with Crippen LogP contribution in [-0.4, -0.2) is 5.11 Å². The van der Waals surface area contributed by atoms with Crippen molar-refractivity contribution in [3.8, 4) is 39.1 Å². The maximum Gasteiger partial charge on any atom is 0.137 e. The van der Waals surface area contributed by atoms with Gasteiger partial charge in [0.25, 0.3) is 0 Å². The summed E-state index contributed by atoms with van der Waals surface area (Å²) in [4.78, 5) is 3.61. The van der Waals surface area contributed by atoms with Gasteiger partial charge in [-0.05, 0) is 52.6 Å². The van der Waals surface area contributed by atoms with Crippen molar-refractivity contribution in [2.45, 2.75) is 0 Å². The highest BCUT2D eigenvalue weighted by Gasteiger charge is 2.32. The van der Waals surface area contributed by atoms with Gasteiger partial charge in [-0.1, -0.05) is 164 Å². The van der Waals surface area contributed by atoms with E-state index in [0.29, 0.717) is 23.5 Å². The molecule has 1 aliphatic heterocycles. The zero-order valence-corrected chi connectivity index (χ0v) is 29.7. The number of phenolic OH excluding ortho intramolecular Hbond substituents is 1. The molecular weight excluding hydrogens is 655 g/mol. The summed E-state index contributed by atoms with van der Waals surface area (Å²) < 4.78 is 5.02. The highest BCUT2D eigenvalue weighted by Crippen LogP contribution is 2.61. The van der Waals surface area contributed by atoms with Gasteiger partial charge in [-0.25, -0.2) is 4.86 Å². The van der Waals surface area contributed by atoms with E-state index in [1.165, 1.54) is 16.7 Å². The number of anilines is 2. The van der Waals surface area contributed by atoms with E-state index in [-0.39, 0.29) is 0 Å². The Morgan fingerprint density at radius 2 is 0.796 bits per heavy atom. The fourth-order valence-corrected chi connectivity index (χ4v) is 12.4. The Morgan fingerprint density at radius 3 is 1.27 bits per heavy atom. The van der Waals surface area contributed by atoms with Crippen molar-refractivity contribution in [2.24, 2.45) is 0 Å². The molecule has 0 saturated carbocycles. The minimum absolute atomic E-state index is 0.296. The Kier molecular flexibility index (Phi) is 10.7. The van der Waals surface area contributed by atoms with Crippen molar-refractivity contribution in [1.82, 2.24) is 4.86 Å². The molecule has 1 aliphatic rings. The van der Waals surface area contributed by atoms with Crippen LogP contribution in [0.2, 0.25) is 0 Å². The molecule has 2 atom stereocenters. The molecule has 0 aromatic heterocycles. The minimum Gasteiger partial charge on any atom is -0.507 e. The Balaban J connectivity index is 0.000000154. The summed E-state index contributed by atoms with van der Waals surface area (Å²) in [6, 6.07) is 66.7. The molecule has 0 aliphatic carbocycles. The summed E-state index contributed by atoms with van der Waals surface area (Å²) in [5.74, 6) is 0.296. The van der Waals surface area contributed by atoms with E-state index >= 15 is 0 Å². The smallest absolute Gasteiger partial charge is 0.137 e. The molecule has 1 saturated heterocycles. The first-order valence-electron chi connectivity index (χ1n) is 16.1. The summed E-state index contributed by atoms with van der Waals surface area (Å²) in [5.41, 5.74) is 8.81. The SMILES string of the molecule is Oc1ccc(-c2ccccc2)c(-c2ccccc2)c1-c1ccccc1.c1ccc(N2PNPN(c3ccccc3)P2c2ccccc2)cc1. The van der Waals surface area contributed by atoms with Crippen LogP contribution in [-0.2, 0) is 0 Å². The van der Waals surface area contributed by atoms with Crippen LogP contribution in [0, 0.1) is 0 Å². The Hall–Kier alpha value is -4.81. The van der Waals surface area contributed by atoms with Gasteiger partial charge in [-0.2, -0.15) is 0 Å². The summed E-state index contributed by atoms with van der Waals surface area (Å²) in [6.07, 6.45) is 0. The number of nitrogens with one attached hydrogen (secondary N) is 1. The highest BCUT2D eigenvalue weighted by atomic mass is 31.2. The number of hydrogen-bond donors (Lipinski definition) is 2. The van der Waals surface area contributed by atoms with Crippen molar-refractivity contribution < 1.29 is 5.11 Å². The third-order valence-corrected chi connectivity index (χ3v) is 13.6. The standard InChI is InChI=1S/C24H18O.C18H18N3P3/c25-22-17-16-21(18-10-4-1-5-11-18)23(19-12-6-2-7-13-19)24(22)20-14-8-3-9-15-20;1-4-10-16(11-5-1)20-22-19-23-21(17-12-6-2-7-13-17)24(20)18-14-8-3-9-15-18/h1-17,25H;1-15,19,22-23H. The topological polar surface area (TPSA) is 38.7 Å². The number of para-hydroxylation sites is 2. The average Bonchev–Trinajstić information content (AvgIpc) is 3.20. The fraction of sp³-hybridized carbons (Fsp3) is 0. The van der Waals surface area contributed by atoms with Gasteiger partial charge in [-0.3, -0.25) is 8.88 Å². The molecule has 2 unspecified atom stereocenters. The first kappa shape index (κ1) is 32.7. The van der Waals surface area contributed by atoms with Crippen molar-refractivity contribution >= 4 is 42.7 Å². The van der Waals surface area contributed by atoms with E-state index in [1.807, 2.05) is 72.8 Å². The lowest BCUT2D eigenvalue weighted by Crippen LogP contribution is -2.31. The number of phenols is 1. The molecule has 7 aromatic rings. The monoisotopic (exact) mass is 691 g/mol. The van der Waals surface area contributed by atoms with Crippen LogP contribution in [0.15, 0.2) is 194 Å². The fourth-order valence-electron chi connectivity index (χ4n) is 5.85. The number of rotatable bonds is 6. The highest BCUT2D eigenvalue weighted by molar-refractivity contribution is 7.86. The summed E-state index contributed by atoms with van der Waals surface area (Å²) >= 11 is 0. The molecule has 2 N–H and O–H groups in total. The van der Waals surface area contributed by atoms with Crippen LogP contribution in [0.25, 0.3) is 33.4 Å². The maximum absolute atomic E-state index is 10.7. The van der Waals surface area contributed by atoms with E-state index in [0.717, 1.165) is 33.4 Å². The third-order valence-electron chi connectivity index (χ3n) is 8.08. The van der Waals surface area contributed by atoms with Gasteiger partial charge in [0.1, 0.15) is 14.0 Å². The van der Waals surface area contributed by atoms with Gasteiger partial charge in [0.2, 0.25) is 0 Å². The lowest BCUT2D eigenvalue weighted by molar-refractivity contribution is 0.477. The Morgan fingerprint density at radius 1 is 0.408 bits per heavy atom. The summed E-state index contributed by atoms with van der Waals surface area (Å²) in [5, 5.41) is 12.1. The third kappa shape index (κ3) is 7.60. The molecule has 240 valence electrons. The van der Waals surface area contributed by atoms with Crippen molar-refractivity contribution in [3.05, 3.63) is 194 Å². The zero-order chi connectivity index (χ0) is 33.3. The van der Waals surface area contributed by atoms with Crippen molar-refractivity contribution in [3.63, 3.8) is 0 Å². The van der Waals surface area contributed by atoms with E-state index in [2.05, 4.69) is 129 Å². The number of benzene rings is 7. The van der Waals surface area contributed by atoms with Gasteiger partial charge < -0.3 is 5.11 Å². The second-order valence-electron chi connectivity index (χ2n) is 11.2. The molecule has 49 heavy (non-hydrogen) atoms. The Bertz CT molecular complexity index is 2010. The van der Waals surface area contributed by atoms with Crippen LogP contribution in [0.4, 0.5) is 11.4 Å². The summed E-state index contributed by atoms with van der Waals surface area (Å²) in [7, 11) is 0.562. The first-order valence-corrected chi connectivity index (χ1v) is 19.3. The quantitative estimate of drug-likeness (QED) is 0.170. The normalized spacial score (nSPS) is 15.1. The lowest BCUT2D eigenvalue weighted by atomic mass is 9.87. The lowest BCUT2D eigenvalue weighted by Gasteiger charge is -2.45. The molecule has 4 nitrogen and oxygen atoms in total. The van der Waals surface area contributed by atoms with Gasteiger partial charge in [-0.15, -0.1) is 0 Å². The molecule has 0 bridgehead atoms. The minimum atomic E-state index is -0.617. The average molecular weight is 692 g/mol. The first-order chi connectivity index (χ1) is 24.3. The van der Waals surface area contributed by atoms with Gasteiger partial charge >= 0.3 is 0 Å². The Labute approximate surface area is 293 Å². The van der Waals surface area contributed by atoms with Crippen LogP contribution in [0.3, 0.4) is 0 Å². The molecule has 0 amide bonds. The van der Waals surface area contributed by atoms with Crippen LogP contribution in [0.5, 0.6) is 5.75 Å². The molecule has 0 radical (unpaired) electrons. The largest absolute Gasteiger partial charge is 0.507 e. The maximum atomic E-state index is 10.7. The van der Waals surface area contributed by atoms with Crippen molar-refractivity contribution in [1.29, 1.82) is 0 Å². The predicted molar refractivity (Wildman–Crippen MR) is 215 cm³/mol. The van der Waals surface area contributed by atoms with Gasteiger partial charge in [0, 0.05) is 27.8 Å². The molecule has 7 aromatic carbocycles. The molecule has 0 spiro atoms. The van der Waals surface area contributed by atoms with Crippen molar-refractivity contribution in [2.75, 3.05) is 8.88 Å². The summed E-state index contributed by atoms with van der Waals surface area (Å²) in [6.45, 7) is 0. The predicted octanol–water partition coefficient (Wildman–Crippen LogP) is 11.7. The second kappa shape index (κ2) is 16.1. The zero-order valence-electron chi connectivity index (χ0n) is 26.8. The number of nitrogens with zero attached hydrogens (tertiary/aromatic N) is 2. The van der Waals surface area contributed by atoms with Crippen LogP contribution >= 0.6 is 26.0 Å². The number of aromatic hydroxyl groups is 1. The van der Waals surface area contributed by atoms with E-state index < -0.39 is 8.22 Å². The molecule has 8 rings (SSSR count). The number of hydrogen-bond acceptors (Lipinski definition) is 4. The van der Waals surface area contributed by atoms with E-state index in [1.54, 1.807) is 6.07 Å². The van der Waals surface area contributed by atoms with E-state index in [9.17, 15) is 5.11 Å². The van der Waals surface area contributed by atoms with Crippen LogP contribution < -0.4 is 19.0 Å². The molecule has 7 heteroatoms. The van der Waals surface area contributed by atoms with E-state index in [4.69, 9.17) is 0 Å².